The first-order valence-corrected chi connectivity index (χ1v) is 11.0. The first kappa shape index (κ1) is 19.7. The van der Waals surface area contributed by atoms with Gasteiger partial charge >= 0.3 is 5.97 Å². The molecule has 2 aliphatic heterocycles. The van der Waals surface area contributed by atoms with Crippen LogP contribution in [0.15, 0.2) is 23.3 Å². The van der Waals surface area contributed by atoms with Crippen LogP contribution in [-0.4, -0.2) is 52.5 Å². The Labute approximate surface area is 171 Å². The molecule has 0 amide bonds. The molecule has 6 nitrogen and oxygen atoms in total. The minimum absolute atomic E-state index is 0.0983. The summed E-state index contributed by atoms with van der Waals surface area (Å²) in [7, 11) is 0. The van der Waals surface area contributed by atoms with E-state index in [-0.39, 0.29) is 36.4 Å². The molecule has 7 atom stereocenters. The normalized spacial score (nSPS) is 51.1. The van der Waals surface area contributed by atoms with E-state index >= 15 is 0 Å². The Morgan fingerprint density at radius 2 is 2.03 bits per heavy atom. The maximum atomic E-state index is 12.1. The van der Waals surface area contributed by atoms with Crippen molar-refractivity contribution in [3.8, 4) is 0 Å². The second-order valence-electron chi connectivity index (χ2n) is 10.4. The van der Waals surface area contributed by atoms with Crippen LogP contribution in [0.4, 0.5) is 0 Å². The van der Waals surface area contributed by atoms with E-state index in [0.717, 1.165) is 36.8 Å². The van der Waals surface area contributed by atoms with Gasteiger partial charge in [-0.1, -0.05) is 19.9 Å². The number of cyclic esters (lactones) is 1. The number of hydrogen-bond donors (Lipinski definition) is 3. The molecule has 5 aliphatic rings. The van der Waals surface area contributed by atoms with E-state index in [1.165, 1.54) is 6.08 Å². The quantitative estimate of drug-likeness (QED) is 0.624. The molecule has 6 heteroatoms. The number of carbonyl (C=O) groups excluding carboxylic acids is 1. The number of aliphatic hydroxyl groups excluding tert-OH is 1. The van der Waals surface area contributed by atoms with E-state index in [0.29, 0.717) is 25.4 Å². The molecule has 0 spiro atoms. The zero-order valence-corrected chi connectivity index (χ0v) is 17.3. The van der Waals surface area contributed by atoms with Crippen LogP contribution in [0.2, 0.25) is 0 Å². The van der Waals surface area contributed by atoms with E-state index in [4.69, 9.17) is 9.47 Å². The number of rotatable bonds is 3. The van der Waals surface area contributed by atoms with Crippen LogP contribution in [0.1, 0.15) is 52.4 Å². The number of ether oxygens (including phenoxy) is 2. The SMILES string of the molecule is C[C@]12CCO[C@]3(O)C[C@]4(C)C(C5=CC(=O)OC5)=CC[C@]4(O)[C@H](CC[C@@H]1CCO)[C@@H]23. The molecule has 29 heavy (non-hydrogen) atoms. The van der Waals surface area contributed by atoms with Crippen LogP contribution in [0, 0.1) is 28.6 Å². The van der Waals surface area contributed by atoms with E-state index in [1.54, 1.807) is 0 Å². The Morgan fingerprint density at radius 1 is 1.24 bits per heavy atom. The maximum Gasteiger partial charge on any atom is 0.331 e. The summed E-state index contributed by atoms with van der Waals surface area (Å²) < 4.78 is 11.2. The molecule has 0 bridgehead atoms. The standard InChI is InChI=1S/C23H32O6/c1-20-8-10-29-23(27)13-21(2)16(14-11-18(25)28-12-14)5-7-22(21,26)17(19(20)23)4-3-15(20)6-9-24/h5,11,15,17,19,24,26-27H,3-4,6-10,12-13H2,1-2H3/t15-,17-,19+,20+,21-,22+,23-/m1/s1. The third-order valence-electron chi connectivity index (χ3n) is 9.22. The molecule has 2 saturated carbocycles. The fourth-order valence-electron chi connectivity index (χ4n) is 7.89. The van der Waals surface area contributed by atoms with Crippen LogP contribution in [0.3, 0.4) is 0 Å². The molecule has 0 aromatic carbocycles. The first-order chi connectivity index (χ1) is 13.7. The van der Waals surface area contributed by atoms with Crippen LogP contribution in [0.25, 0.3) is 0 Å². The Morgan fingerprint density at radius 3 is 2.72 bits per heavy atom. The number of fused-ring (bicyclic) bond motifs is 2. The van der Waals surface area contributed by atoms with Crippen molar-refractivity contribution in [2.24, 2.45) is 28.6 Å². The average Bonchev–Trinajstić information content (AvgIpc) is 3.18. The zero-order valence-electron chi connectivity index (χ0n) is 17.3. The Kier molecular flexibility index (Phi) is 4.19. The molecule has 160 valence electrons. The van der Waals surface area contributed by atoms with Gasteiger partial charge in [0, 0.05) is 36.0 Å². The molecule has 0 aromatic rings. The maximum absolute atomic E-state index is 12.1. The lowest BCUT2D eigenvalue weighted by Gasteiger charge is -2.68. The first-order valence-electron chi connectivity index (χ1n) is 11.0. The second kappa shape index (κ2) is 6.16. The van der Waals surface area contributed by atoms with Crippen LogP contribution in [-0.2, 0) is 14.3 Å². The van der Waals surface area contributed by atoms with Gasteiger partial charge in [0.1, 0.15) is 6.61 Å². The number of carbonyl (C=O) groups is 1. The minimum Gasteiger partial charge on any atom is -0.458 e. The molecule has 3 aliphatic carbocycles. The molecule has 2 heterocycles. The Hall–Kier alpha value is -1.21. The molecule has 0 unspecified atom stereocenters. The predicted octanol–water partition coefficient (Wildman–Crippen LogP) is 2.08. The van der Waals surface area contributed by atoms with Crippen molar-refractivity contribution < 1.29 is 29.6 Å². The summed E-state index contributed by atoms with van der Waals surface area (Å²) in [5, 5.41) is 33.6. The fourth-order valence-corrected chi connectivity index (χ4v) is 7.89. The van der Waals surface area contributed by atoms with Crippen LogP contribution >= 0.6 is 0 Å². The minimum atomic E-state index is -1.32. The fraction of sp³-hybridized carbons (Fsp3) is 0.783. The summed E-state index contributed by atoms with van der Waals surface area (Å²) in [6.07, 6.45) is 7.68. The van der Waals surface area contributed by atoms with Gasteiger partial charge in [-0.25, -0.2) is 4.79 Å². The van der Waals surface area contributed by atoms with Crippen LogP contribution in [0.5, 0.6) is 0 Å². The van der Waals surface area contributed by atoms with E-state index in [9.17, 15) is 20.1 Å². The molecule has 3 N–H and O–H groups in total. The summed E-state index contributed by atoms with van der Waals surface area (Å²) in [4.78, 5) is 11.7. The zero-order chi connectivity index (χ0) is 20.7. The topological polar surface area (TPSA) is 96.2 Å². The number of hydrogen-bond acceptors (Lipinski definition) is 6. The highest BCUT2D eigenvalue weighted by molar-refractivity contribution is 5.86. The monoisotopic (exact) mass is 404 g/mol. The van der Waals surface area contributed by atoms with E-state index in [2.05, 4.69) is 6.92 Å². The summed E-state index contributed by atoms with van der Waals surface area (Å²) in [6, 6.07) is 0. The molecule has 3 fully saturated rings. The number of esters is 1. The van der Waals surface area contributed by atoms with Gasteiger partial charge in [0.25, 0.3) is 0 Å². The third kappa shape index (κ3) is 2.40. The van der Waals surface area contributed by atoms with E-state index in [1.807, 2.05) is 13.0 Å². The van der Waals surface area contributed by atoms with Gasteiger partial charge in [0.2, 0.25) is 0 Å². The summed E-state index contributed by atoms with van der Waals surface area (Å²) in [5.41, 5.74) is -0.138. The van der Waals surface area contributed by atoms with Crippen LogP contribution < -0.4 is 0 Å². The van der Waals surface area contributed by atoms with Gasteiger partial charge < -0.3 is 24.8 Å². The van der Waals surface area contributed by atoms with Crippen molar-refractivity contribution >= 4 is 5.97 Å². The smallest absolute Gasteiger partial charge is 0.331 e. The Bertz CT molecular complexity index is 803. The predicted molar refractivity (Wildman–Crippen MR) is 104 cm³/mol. The Balaban J connectivity index is 1.59. The van der Waals surface area contributed by atoms with Crippen molar-refractivity contribution in [1.29, 1.82) is 0 Å². The highest BCUT2D eigenvalue weighted by Crippen LogP contribution is 2.71. The third-order valence-corrected chi connectivity index (χ3v) is 9.22. The van der Waals surface area contributed by atoms with Gasteiger partial charge in [-0.15, -0.1) is 0 Å². The molecule has 1 saturated heterocycles. The summed E-state index contributed by atoms with van der Waals surface area (Å²) in [6.45, 7) is 5.08. The van der Waals surface area contributed by atoms with Crippen molar-refractivity contribution in [2.45, 2.75) is 63.8 Å². The molecule has 0 radical (unpaired) electrons. The van der Waals surface area contributed by atoms with Crippen molar-refractivity contribution in [3.63, 3.8) is 0 Å². The summed E-state index contributed by atoms with van der Waals surface area (Å²) >= 11 is 0. The lowest BCUT2D eigenvalue weighted by atomic mass is 9.42. The van der Waals surface area contributed by atoms with Crippen molar-refractivity contribution in [2.75, 3.05) is 19.8 Å². The molecule has 0 aromatic heterocycles. The van der Waals surface area contributed by atoms with E-state index < -0.39 is 16.8 Å². The van der Waals surface area contributed by atoms with Gasteiger partial charge in [0.05, 0.1) is 12.2 Å². The van der Waals surface area contributed by atoms with Gasteiger partial charge in [-0.2, -0.15) is 0 Å². The highest BCUT2D eigenvalue weighted by Gasteiger charge is 2.73. The summed E-state index contributed by atoms with van der Waals surface area (Å²) in [5.74, 6) is -1.62. The second-order valence-corrected chi connectivity index (χ2v) is 10.4. The molecular formula is C23H32O6. The average molecular weight is 405 g/mol. The lowest BCUT2D eigenvalue weighted by molar-refractivity contribution is -0.372. The molecular weight excluding hydrogens is 372 g/mol. The van der Waals surface area contributed by atoms with Gasteiger partial charge in [-0.3, -0.25) is 0 Å². The molecule has 5 rings (SSSR count). The van der Waals surface area contributed by atoms with Crippen molar-refractivity contribution in [3.05, 3.63) is 23.3 Å². The van der Waals surface area contributed by atoms with Gasteiger partial charge in [0.15, 0.2) is 5.79 Å². The van der Waals surface area contributed by atoms with Crippen molar-refractivity contribution in [1.82, 2.24) is 0 Å². The lowest BCUT2D eigenvalue weighted by Crippen LogP contribution is -2.72. The highest BCUT2D eigenvalue weighted by atomic mass is 16.6. The largest absolute Gasteiger partial charge is 0.458 e. The number of aliphatic hydroxyl groups is 3. The van der Waals surface area contributed by atoms with Gasteiger partial charge in [-0.05, 0) is 54.9 Å².